The first-order chi connectivity index (χ1) is 13.8. The third-order valence-electron chi connectivity index (χ3n) is 4.77. The lowest BCUT2D eigenvalue weighted by atomic mass is 10.3. The number of thiophene rings is 1. The van der Waals surface area contributed by atoms with Gasteiger partial charge in [-0.3, -0.25) is 4.79 Å². The van der Waals surface area contributed by atoms with Crippen LogP contribution in [-0.2, 0) is 10.5 Å². The van der Waals surface area contributed by atoms with Gasteiger partial charge in [0, 0.05) is 43.7 Å². The number of hydrogen-bond donors (Lipinski definition) is 0. The van der Waals surface area contributed by atoms with Gasteiger partial charge in [-0.05, 0) is 30.0 Å². The Morgan fingerprint density at radius 3 is 2.82 bits per heavy atom. The fourth-order valence-corrected chi connectivity index (χ4v) is 4.79. The van der Waals surface area contributed by atoms with E-state index < -0.39 is 0 Å². The zero-order valence-corrected chi connectivity index (χ0v) is 17.3. The van der Waals surface area contributed by atoms with Crippen LogP contribution in [0.25, 0.3) is 10.6 Å². The lowest BCUT2D eigenvalue weighted by Crippen LogP contribution is -2.36. The van der Waals surface area contributed by atoms with E-state index in [0.29, 0.717) is 11.5 Å². The molecule has 0 unspecified atom stereocenters. The minimum atomic E-state index is 0.210. The Morgan fingerprint density at radius 2 is 2.00 bits per heavy atom. The summed E-state index contributed by atoms with van der Waals surface area (Å²) in [6.45, 7) is 3.48. The van der Waals surface area contributed by atoms with E-state index in [0.717, 1.165) is 48.9 Å². The highest BCUT2D eigenvalue weighted by atomic mass is 32.2. The Hall–Kier alpha value is -2.25. The molecule has 0 atom stereocenters. The smallest absolute Gasteiger partial charge is 0.232 e. The van der Waals surface area contributed by atoms with Crippen LogP contribution < -0.4 is 4.90 Å². The molecule has 7 heteroatoms. The van der Waals surface area contributed by atoms with Gasteiger partial charge in [0.2, 0.25) is 5.91 Å². The average molecular weight is 414 g/mol. The van der Waals surface area contributed by atoms with Crippen LogP contribution >= 0.6 is 23.1 Å². The third-order valence-corrected chi connectivity index (χ3v) is 6.60. The summed E-state index contributed by atoms with van der Waals surface area (Å²) >= 11 is 3.23. The van der Waals surface area contributed by atoms with Gasteiger partial charge in [-0.25, -0.2) is 0 Å². The molecule has 1 fully saturated rings. The summed E-state index contributed by atoms with van der Waals surface area (Å²) in [5, 5.41) is 6.14. The Labute approximate surface area is 173 Å². The topological polar surface area (TPSA) is 49.6 Å². The molecule has 146 valence electrons. The maximum Gasteiger partial charge on any atom is 0.232 e. The molecule has 1 amide bonds. The Morgan fingerprint density at radius 1 is 1.11 bits per heavy atom. The van der Waals surface area contributed by atoms with E-state index in [2.05, 4.69) is 34.3 Å². The molecule has 0 spiro atoms. The van der Waals surface area contributed by atoms with E-state index >= 15 is 0 Å². The van der Waals surface area contributed by atoms with Crippen molar-refractivity contribution in [1.29, 1.82) is 0 Å². The van der Waals surface area contributed by atoms with Crippen LogP contribution in [0.5, 0.6) is 0 Å². The van der Waals surface area contributed by atoms with Crippen molar-refractivity contribution >= 4 is 34.7 Å². The molecule has 2 aromatic heterocycles. The first-order valence-corrected chi connectivity index (χ1v) is 11.5. The van der Waals surface area contributed by atoms with Gasteiger partial charge in [-0.1, -0.05) is 29.4 Å². The molecule has 3 aromatic rings. The highest BCUT2D eigenvalue weighted by molar-refractivity contribution is 7.99. The minimum absolute atomic E-state index is 0.210. The summed E-state index contributed by atoms with van der Waals surface area (Å²) in [5.41, 5.74) is 2.12. The number of anilines is 1. The molecule has 1 saturated heterocycles. The number of amides is 1. The maximum atomic E-state index is 12.6. The number of para-hydroxylation sites is 1. The van der Waals surface area contributed by atoms with Crippen LogP contribution in [0.3, 0.4) is 0 Å². The molecule has 1 aliphatic rings. The van der Waals surface area contributed by atoms with Crippen molar-refractivity contribution in [3.8, 4) is 10.6 Å². The number of aromatic nitrogens is 1. The van der Waals surface area contributed by atoms with Gasteiger partial charge >= 0.3 is 0 Å². The van der Waals surface area contributed by atoms with Crippen molar-refractivity contribution in [2.45, 2.75) is 12.2 Å². The Balaban J connectivity index is 1.24. The van der Waals surface area contributed by atoms with E-state index in [4.69, 9.17) is 4.52 Å². The highest BCUT2D eigenvalue weighted by Gasteiger charge is 2.19. The third kappa shape index (κ3) is 4.77. The zero-order valence-electron chi connectivity index (χ0n) is 15.6. The van der Waals surface area contributed by atoms with Gasteiger partial charge in [-0.15, -0.1) is 23.1 Å². The Kier molecular flexibility index (Phi) is 6.34. The first-order valence-electron chi connectivity index (χ1n) is 9.44. The van der Waals surface area contributed by atoms with Gasteiger partial charge < -0.3 is 14.3 Å². The zero-order chi connectivity index (χ0) is 19.2. The van der Waals surface area contributed by atoms with Crippen LogP contribution in [0.1, 0.15) is 12.1 Å². The average Bonchev–Trinajstić information content (AvgIpc) is 3.36. The summed E-state index contributed by atoms with van der Waals surface area (Å²) in [6.07, 6.45) is 0.999. The normalized spacial score (nSPS) is 14.9. The number of rotatable bonds is 6. The number of thioether (sulfide) groups is 1. The second-order valence-electron chi connectivity index (χ2n) is 6.71. The van der Waals surface area contributed by atoms with Crippen molar-refractivity contribution in [2.24, 2.45) is 0 Å². The van der Waals surface area contributed by atoms with Gasteiger partial charge in [0.15, 0.2) is 5.76 Å². The van der Waals surface area contributed by atoms with E-state index in [1.165, 1.54) is 5.69 Å². The quantitative estimate of drug-likeness (QED) is 0.600. The molecule has 0 saturated carbocycles. The predicted molar refractivity (Wildman–Crippen MR) is 116 cm³/mol. The fourth-order valence-electron chi connectivity index (χ4n) is 3.31. The van der Waals surface area contributed by atoms with Gasteiger partial charge in [0.25, 0.3) is 0 Å². The van der Waals surface area contributed by atoms with Crippen molar-refractivity contribution in [1.82, 2.24) is 10.1 Å². The van der Waals surface area contributed by atoms with Crippen molar-refractivity contribution < 1.29 is 9.32 Å². The van der Waals surface area contributed by atoms with E-state index in [1.54, 1.807) is 23.1 Å². The van der Waals surface area contributed by atoms with Crippen molar-refractivity contribution in [2.75, 3.05) is 36.8 Å². The van der Waals surface area contributed by atoms with Crippen LogP contribution in [0, 0.1) is 0 Å². The molecular weight excluding hydrogens is 390 g/mol. The standard InChI is InChI=1S/C21H23N3O2S2/c25-21(16-27-15-17-14-19(26-22-17)20-8-4-13-28-20)24-10-5-9-23(11-12-24)18-6-2-1-3-7-18/h1-4,6-8,13-14H,5,9-12,15-16H2. The molecule has 0 N–H and O–H groups in total. The summed E-state index contributed by atoms with van der Waals surface area (Å²) in [5.74, 6) is 2.17. The molecule has 0 radical (unpaired) electrons. The monoisotopic (exact) mass is 413 g/mol. The number of carbonyl (C=O) groups excluding carboxylic acids is 1. The molecule has 0 aliphatic carbocycles. The van der Waals surface area contributed by atoms with E-state index in [1.807, 2.05) is 34.5 Å². The molecular formula is C21H23N3O2S2. The number of carbonyl (C=O) groups is 1. The SMILES string of the molecule is O=C(CSCc1cc(-c2cccs2)on1)N1CCCN(c2ccccc2)CC1. The van der Waals surface area contributed by atoms with E-state index in [9.17, 15) is 4.79 Å². The lowest BCUT2D eigenvalue weighted by Gasteiger charge is -2.23. The highest BCUT2D eigenvalue weighted by Crippen LogP contribution is 2.26. The number of benzene rings is 1. The fraction of sp³-hybridized carbons (Fsp3) is 0.333. The van der Waals surface area contributed by atoms with Crippen molar-refractivity contribution in [3.05, 3.63) is 59.6 Å². The molecule has 28 heavy (non-hydrogen) atoms. The first kappa shape index (κ1) is 19.1. The summed E-state index contributed by atoms with van der Waals surface area (Å²) < 4.78 is 5.40. The second-order valence-corrected chi connectivity index (χ2v) is 8.64. The van der Waals surface area contributed by atoms with Crippen molar-refractivity contribution in [3.63, 3.8) is 0 Å². The van der Waals surface area contributed by atoms with Gasteiger partial charge in [-0.2, -0.15) is 0 Å². The van der Waals surface area contributed by atoms with E-state index in [-0.39, 0.29) is 5.91 Å². The summed E-state index contributed by atoms with van der Waals surface area (Å²) in [7, 11) is 0. The summed E-state index contributed by atoms with van der Waals surface area (Å²) in [4.78, 5) is 18.1. The predicted octanol–water partition coefficient (Wildman–Crippen LogP) is 4.38. The van der Waals surface area contributed by atoms with Crippen LogP contribution in [0.4, 0.5) is 5.69 Å². The maximum absolute atomic E-state index is 12.6. The van der Waals surface area contributed by atoms with Gasteiger partial charge in [0.05, 0.1) is 16.3 Å². The lowest BCUT2D eigenvalue weighted by molar-refractivity contribution is -0.128. The molecule has 0 bridgehead atoms. The van der Waals surface area contributed by atoms with Gasteiger partial charge in [0.1, 0.15) is 0 Å². The van der Waals surface area contributed by atoms with Crippen LogP contribution in [-0.4, -0.2) is 47.9 Å². The molecule has 5 nitrogen and oxygen atoms in total. The van der Waals surface area contributed by atoms with Crippen LogP contribution in [0.2, 0.25) is 0 Å². The molecule has 1 aromatic carbocycles. The van der Waals surface area contributed by atoms with Crippen LogP contribution in [0.15, 0.2) is 58.4 Å². The number of hydrogen-bond acceptors (Lipinski definition) is 6. The molecule has 3 heterocycles. The minimum Gasteiger partial charge on any atom is -0.370 e. The molecule has 1 aliphatic heterocycles. The largest absolute Gasteiger partial charge is 0.370 e. The summed E-state index contributed by atoms with van der Waals surface area (Å²) in [6, 6.07) is 16.4. The molecule has 4 rings (SSSR count). The number of nitrogens with zero attached hydrogens (tertiary/aromatic N) is 3. The Bertz CT molecular complexity index is 880. The second kappa shape index (κ2) is 9.30.